The van der Waals surface area contributed by atoms with Crippen LogP contribution in [0, 0.1) is 5.82 Å². The molecule has 178 valence electrons. The molecule has 1 N–H and O–H groups in total. The molecule has 35 heavy (non-hydrogen) atoms. The molecule has 1 heterocycles. The van der Waals surface area contributed by atoms with Gasteiger partial charge in [-0.05, 0) is 78.8 Å². The van der Waals surface area contributed by atoms with Crippen LogP contribution in [-0.4, -0.2) is 23.9 Å². The quantitative estimate of drug-likeness (QED) is 0.276. The Balaban J connectivity index is 1.68. The number of ether oxygens (including phenoxy) is 1. The van der Waals surface area contributed by atoms with Crippen LogP contribution in [-0.2, 0) is 22.4 Å². The first-order valence-electron chi connectivity index (χ1n) is 11.4. The number of aliphatic hydroxyl groups is 1. The van der Waals surface area contributed by atoms with Crippen LogP contribution in [0.5, 0.6) is 5.75 Å². The maximum atomic E-state index is 13.7. The van der Waals surface area contributed by atoms with Gasteiger partial charge >= 0.3 is 0 Å². The van der Waals surface area contributed by atoms with Gasteiger partial charge in [0.15, 0.2) is 0 Å². The molecule has 1 aliphatic heterocycles. The molecule has 1 amide bonds. The number of hydrogen-bond donors (Lipinski definition) is 1. The number of hydrogen-bond acceptors (Lipinski definition) is 4. The molecule has 0 saturated carbocycles. The molecule has 1 unspecified atom stereocenters. The van der Waals surface area contributed by atoms with E-state index in [4.69, 9.17) is 16.3 Å². The van der Waals surface area contributed by atoms with Crippen molar-refractivity contribution in [1.82, 2.24) is 0 Å². The van der Waals surface area contributed by atoms with Crippen molar-refractivity contribution in [2.45, 2.75) is 31.7 Å². The van der Waals surface area contributed by atoms with E-state index in [0.717, 1.165) is 31.2 Å². The monoisotopic (exact) mass is 491 g/mol. The Morgan fingerprint density at radius 2 is 1.71 bits per heavy atom. The number of amides is 1. The first-order valence-corrected chi connectivity index (χ1v) is 11.8. The predicted octanol–water partition coefficient (Wildman–Crippen LogP) is 5.99. The lowest BCUT2D eigenvalue weighted by atomic mass is 9.88. The Hall–Kier alpha value is -3.64. The van der Waals surface area contributed by atoms with Crippen molar-refractivity contribution in [3.8, 4) is 5.75 Å². The van der Waals surface area contributed by atoms with Gasteiger partial charge in [-0.1, -0.05) is 35.9 Å². The summed E-state index contributed by atoms with van der Waals surface area (Å²) in [6.45, 7) is 0. The highest BCUT2D eigenvalue weighted by Gasteiger charge is 2.47. The zero-order valence-electron chi connectivity index (χ0n) is 19.1. The van der Waals surface area contributed by atoms with Gasteiger partial charge in [0, 0.05) is 11.3 Å². The van der Waals surface area contributed by atoms with Crippen molar-refractivity contribution < 1.29 is 23.8 Å². The van der Waals surface area contributed by atoms with Gasteiger partial charge in [0.25, 0.3) is 11.7 Å². The number of fused-ring (bicyclic) bond motifs is 1. The van der Waals surface area contributed by atoms with E-state index in [-0.39, 0.29) is 16.4 Å². The summed E-state index contributed by atoms with van der Waals surface area (Å²) in [4.78, 5) is 27.9. The predicted molar refractivity (Wildman–Crippen MR) is 132 cm³/mol. The third-order valence-corrected chi connectivity index (χ3v) is 6.96. The van der Waals surface area contributed by atoms with Gasteiger partial charge < -0.3 is 9.84 Å². The maximum absolute atomic E-state index is 13.7. The number of rotatable bonds is 4. The molecule has 0 aromatic heterocycles. The van der Waals surface area contributed by atoms with E-state index in [2.05, 4.69) is 0 Å². The van der Waals surface area contributed by atoms with Crippen molar-refractivity contribution in [1.29, 1.82) is 0 Å². The number of aliphatic hydroxyl groups excluding tert-OH is 1. The zero-order valence-corrected chi connectivity index (χ0v) is 19.8. The minimum absolute atomic E-state index is 0.0516. The first kappa shape index (κ1) is 23.1. The number of methoxy groups -OCH3 is 1. The van der Waals surface area contributed by atoms with Crippen LogP contribution in [0.25, 0.3) is 5.76 Å². The summed E-state index contributed by atoms with van der Waals surface area (Å²) in [6.07, 6.45) is 4.07. The Kier molecular flexibility index (Phi) is 6.07. The number of ketones is 1. The molecule has 5 nitrogen and oxygen atoms in total. The highest BCUT2D eigenvalue weighted by Crippen LogP contribution is 2.43. The summed E-state index contributed by atoms with van der Waals surface area (Å²) in [5.74, 6) is -1.91. The second-order valence-electron chi connectivity index (χ2n) is 8.73. The molecule has 5 rings (SSSR count). The van der Waals surface area contributed by atoms with Crippen LogP contribution < -0.4 is 9.64 Å². The van der Waals surface area contributed by atoms with Crippen LogP contribution in [0.3, 0.4) is 0 Å². The number of benzene rings is 3. The van der Waals surface area contributed by atoms with E-state index in [1.165, 1.54) is 47.9 Å². The average Bonchev–Trinajstić information content (AvgIpc) is 3.14. The van der Waals surface area contributed by atoms with Crippen molar-refractivity contribution in [3.05, 3.63) is 99.3 Å². The third kappa shape index (κ3) is 4.08. The lowest BCUT2D eigenvalue weighted by molar-refractivity contribution is -0.132. The summed E-state index contributed by atoms with van der Waals surface area (Å²) in [7, 11) is 1.48. The van der Waals surface area contributed by atoms with Crippen LogP contribution in [0.1, 0.15) is 41.1 Å². The molecule has 0 radical (unpaired) electrons. The molecule has 3 aromatic rings. The van der Waals surface area contributed by atoms with E-state index in [0.29, 0.717) is 22.6 Å². The molecule has 0 spiro atoms. The zero-order chi connectivity index (χ0) is 24.7. The van der Waals surface area contributed by atoms with Gasteiger partial charge in [0.2, 0.25) is 0 Å². The average molecular weight is 492 g/mol. The van der Waals surface area contributed by atoms with Gasteiger partial charge in [-0.25, -0.2) is 4.39 Å². The van der Waals surface area contributed by atoms with Crippen molar-refractivity contribution in [3.63, 3.8) is 0 Å². The summed E-state index contributed by atoms with van der Waals surface area (Å²) in [6, 6.07) is 14.9. The number of aryl methyl sites for hydroxylation is 2. The largest absolute Gasteiger partial charge is 0.507 e. The number of carbonyl (C=O) groups is 2. The molecule has 1 fully saturated rings. The second-order valence-corrected chi connectivity index (χ2v) is 9.14. The number of carbonyl (C=O) groups excluding carboxylic acids is 2. The SMILES string of the molecule is COc1ccc(N2C(=O)C(=O)/C(=C(\O)c3ccc4c(c3)CCCC4)C2c2ccc(F)cc2)cc1Cl. The normalized spacial score (nSPS) is 19.1. The number of Topliss-reactive ketones (excluding diaryl/α,β-unsaturated/α-hetero) is 1. The molecule has 2 aliphatic rings. The van der Waals surface area contributed by atoms with E-state index < -0.39 is 23.5 Å². The Morgan fingerprint density at radius 1 is 1.00 bits per heavy atom. The fraction of sp³-hybridized carbons (Fsp3) is 0.214. The molecular weight excluding hydrogens is 469 g/mol. The second kappa shape index (κ2) is 9.19. The lowest BCUT2D eigenvalue weighted by Crippen LogP contribution is -2.29. The van der Waals surface area contributed by atoms with E-state index in [9.17, 15) is 19.1 Å². The molecule has 3 aromatic carbocycles. The van der Waals surface area contributed by atoms with Crippen molar-refractivity contribution in [2.24, 2.45) is 0 Å². The smallest absolute Gasteiger partial charge is 0.300 e. The fourth-order valence-corrected chi connectivity index (χ4v) is 5.15. The van der Waals surface area contributed by atoms with Crippen LogP contribution in [0.15, 0.2) is 66.2 Å². The van der Waals surface area contributed by atoms with Crippen LogP contribution in [0.4, 0.5) is 10.1 Å². The van der Waals surface area contributed by atoms with Gasteiger partial charge in [-0.2, -0.15) is 0 Å². The molecule has 1 atom stereocenters. The number of halogens is 2. The standard InChI is InChI=1S/C28H23ClFNO4/c1-35-23-13-12-21(15-22(23)29)31-25(17-8-10-20(30)11-9-17)24(27(33)28(31)34)26(32)19-7-6-16-4-2-3-5-18(16)14-19/h6-15,25,32H,2-5H2,1H3/b26-24-. The van der Waals surface area contributed by atoms with E-state index in [1.54, 1.807) is 18.2 Å². The Labute approximate surface area is 207 Å². The fourth-order valence-electron chi connectivity index (χ4n) is 4.90. The first-order chi connectivity index (χ1) is 16.9. The molecule has 0 bridgehead atoms. The molecule has 1 saturated heterocycles. The van der Waals surface area contributed by atoms with E-state index in [1.807, 2.05) is 12.1 Å². The topological polar surface area (TPSA) is 66.8 Å². The maximum Gasteiger partial charge on any atom is 0.300 e. The van der Waals surface area contributed by atoms with E-state index >= 15 is 0 Å². The van der Waals surface area contributed by atoms with Gasteiger partial charge in [-0.15, -0.1) is 0 Å². The van der Waals surface area contributed by atoms with Gasteiger partial charge in [-0.3, -0.25) is 14.5 Å². The molecular formula is C28H23ClFNO4. The van der Waals surface area contributed by atoms with Gasteiger partial charge in [0.05, 0.1) is 23.7 Å². The minimum atomic E-state index is -0.962. The highest BCUT2D eigenvalue weighted by molar-refractivity contribution is 6.51. The molecule has 1 aliphatic carbocycles. The number of anilines is 1. The minimum Gasteiger partial charge on any atom is -0.507 e. The highest BCUT2D eigenvalue weighted by atomic mass is 35.5. The summed E-state index contributed by atoms with van der Waals surface area (Å²) in [5.41, 5.74) is 3.63. The number of nitrogens with zero attached hydrogens (tertiary/aromatic N) is 1. The lowest BCUT2D eigenvalue weighted by Gasteiger charge is -2.26. The Morgan fingerprint density at radius 3 is 2.40 bits per heavy atom. The Bertz CT molecular complexity index is 1370. The van der Waals surface area contributed by atoms with Crippen LogP contribution >= 0.6 is 11.6 Å². The molecule has 7 heteroatoms. The summed E-state index contributed by atoms with van der Waals surface area (Å²) in [5, 5.41) is 11.6. The van der Waals surface area contributed by atoms with Gasteiger partial charge in [0.1, 0.15) is 17.3 Å². The van der Waals surface area contributed by atoms with Crippen LogP contribution in [0.2, 0.25) is 5.02 Å². The third-order valence-electron chi connectivity index (χ3n) is 6.67. The van der Waals surface area contributed by atoms with Crippen molar-refractivity contribution >= 4 is 34.7 Å². The summed E-state index contributed by atoms with van der Waals surface area (Å²) < 4.78 is 18.9. The van der Waals surface area contributed by atoms with Crippen molar-refractivity contribution in [2.75, 3.05) is 12.0 Å². The summed E-state index contributed by atoms with van der Waals surface area (Å²) >= 11 is 6.31.